The van der Waals surface area contributed by atoms with Gasteiger partial charge in [-0.15, -0.1) is 11.6 Å². The fourth-order valence-corrected chi connectivity index (χ4v) is 1.76. The second-order valence-corrected chi connectivity index (χ2v) is 3.97. The summed E-state index contributed by atoms with van der Waals surface area (Å²) in [6.07, 6.45) is 3.14. The number of para-hydroxylation sites is 1. The summed E-state index contributed by atoms with van der Waals surface area (Å²) in [5.41, 5.74) is 0. The largest absolute Gasteiger partial charge is 0.490 e. The molecule has 88 valence electrons. The molecule has 0 atom stereocenters. The maximum absolute atomic E-state index is 5.65. The first-order valence-corrected chi connectivity index (χ1v) is 6.02. The molecule has 0 aliphatic carbocycles. The summed E-state index contributed by atoms with van der Waals surface area (Å²) in [4.78, 5) is 0. The number of rotatable bonds is 6. The fourth-order valence-electron chi connectivity index (χ4n) is 1.57. The van der Waals surface area contributed by atoms with E-state index >= 15 is 0 Å². The normalized spacial score (nSPS) is 12.8. The Hall–Kier alpha value is -1.09. The monoisotopic (exact) mass is 242 g/mol. The Labute approximate surface area is 100 Å². The third-order valence-corrected chi connectivity index (χ3v) is 2.66. The van der Waals surface area contributed by atoms with Gasteiger partial charge in [-0.2, -0.15) is 0 Å². The minimum absolute atomic E-state index is 0.280. The van der Waals surface area contributed by atoms with Crippen molar-refractivity contribution < 1.29 is 14.2 Å². The quantitative estimate of drug-likeness (QED) is 0.566. The molecular formula is C12H15ClO3. The molecule has 1 aliphatic rings. The van der Waals surface area contributed by atoms with Gasteiger partial charge in [-0.3, -0.25) is 0 Å². The highest BCUT2D eigenvalue weighted by Crippen LogP contribution is 2.40. The van der Waals surface area contributed by atoms with Crippen molar-refractivity contribution in [1.82, 2.24) is 0 Å². The molecule has 0 bridgehead atoms. The number of hydrogen-bond acceptors (Lipinski definition) is 3. The Kier molecular flexibility index (Phi) is 4.17. The summed E-state index contributed by atoms with van der Waals surface area (Å²) in [5, 5.41) is 0. The van der Waals surface area contributed by atoms with E-state index in [0.29, 0.717) is 6.61 Å². The first-order valence-electron chi connectivity index (χ1n) is 5.49. The zero-order chi connectivity index (χ0) is 11.2. The first kappa shape index (κ1) is 11.4. The summed E-state index contributed by atoms with van der Waals surface area (Å²) in [6.45, 7) is 0.971. The van der Waals surface area contributed by atoms with Crippen molar-refractivity contribution in [1.29, 1.82) is 0 Å². The highest BCUT2D eigenvalue weighted by Gasteiger charge is 2.17. The average Bonchev–Trinajstić information content (AvgIpc) is 2.77. The highest BCUT2D eigenvalue weighted by atomic mass is 35.5. The number of halogens is 1. The molecular weight excluding hydrogens is 228 g/mol. The summed E-state index contributed by atoms with van der Waals surface area (Å²) < 4.78 is 16.3. The van der Waals surface area contributed by atoms with Crippen molar-refractivity contribution in [2.45, 2.75) is 19.3 Å². The van der Waals surface area contributed by atoms with Crippen LogP contribution < -0.4 is 14.2 Å². The van der Waals surface area contributed by atoms with Gasteiger partial charge in [0, 0.05) is 5.88 Å². The van der Waals surface area contributed by atoms with Gasteiger partial charge in [0.1, 0.15) is 0 Å². The van der Waals surface area contributed by atoms with Gasteiger partial charge < -0.3 is 14.2 Å². The molecule has 0 amide bonds. The van der Waals surface area contributed by atoms with Crippen LogP contribution in [0.5, 0.6) is 17.2 Å². The molecule has 0 N–H and O–H groups in total. The van der Waals surface area contributed by atoms with Gasteiger partial charge in [0.05, 0.1) is 6.61 Å². The minimum Gasteiger partial charge on any atom is -0.490 e. The van der Waals surface area contributed by atoms with Gasteiger partial charge in [-0.1, -0.05) is 6.07 Å². The molecule has 0 unspecified atom stereocenters. The number of fused-ring (bicyclic) bond motifs is 1. The molecule has 0 spiro atoms. The summed E-state index contributed by atoms with van der Waals surface area (Å²) in [5.74, 6) is 2.97. The predicted octanol–water partition coefficient (Wildman–Crippen LogP) is 3.20. The van der Waals surface area contributed by atoms with Crippen molar-refractivity contribution in [2.24, 2.45) is 0 Å². The Balaban J connectivity index is 1.83. The Morgan fingerprint density at radius 1 is 1.19 bits per heavy atom. The van der Waals surface area contributed by atoms with Crippen LogP contribution in [0.15, 0.2) is 18.2 Å². The molecule has 3 nitrogen and oxygen atoms in total. The zero-order valence-corrected chi connectivity index (χ0v) is 9.83. The Morgan fingerprint density at radius 3 is 3.00 bits per heavy atom. The first-order chi connectivity index (χ1) is 7.92. The third-order valence-electron chi connectivity index (χ3n) is 2.40. The molecule has 16 heavy (non-hydrogen) atoms. The van der Waals surface area contributed by atoms with E-state index in [-0.39, 0.29) is 6.79 Å². The van der Waals surface area contributed by atoms with Gasteiger partial charge in [0.2, 0.25) is 12.5 Å². The lowest BCUT2D eigenvalue weighted by Gasteiger charge is -2.08. The number of unbranched alkanes of at least 4 members (excludes halogenated alkanes) is 2. The standard InChI is InChI=1S/C12H15ClO3/c13-7-2-1-3-8-14-10-5-4-6-11-12(10)16-9-15-11/h4-6H,1-3,7-9H2. The number of ether oxygens (including phenoxy) is 3. The smallest absolute Gasteiger partial charge is 0.231 e. The summed E-state index contributed by atoms with van der Waals surface area (Å²) in [7, 11) is 0. The Bertz CT molecular complexity index is 341. The van der Waals surface area contributed by atoms with Crippen molar-refractivity contribution in [3.63, 3.8) is 0 Å². The summed E-state index contributed by atoms with van der Waals surface area (Å²) >= 11 is 5.60. The molecule has 4 heteroatoms. The van der Waals surface area contributed by atoms with E-state index in [2.05, 4.69) is 0 Å². The van der Waals surface area contributed by atoms with Crippen LogP contribution in [0.1, 0.15) is 19.3 Å². The number of hydrogen-bond donors (Lipinski definition) is 0. The van der Waals surface area contributed by atoms with E-state index < -0.39 is 0 Å². The molecule has 1 aliphatic heterocycles. The number of benzene rings is 1. The van der Waals surface area contributed by atoms with Gasteiger partial charge in [-0.05, 0) is 31.4 Å². The van der Waals surface area contributed by atoms with Gasteiger partial charge in [0.15, 0.2) is 11.5 Å². The zero-order valence-electron chi connectivity index (χ0n) is 9.08. The van der Waals surface area contributed by atoms with E-state index in [9.17, 15) is 0 Å². The molecule has 0 fully saturated rings. The van der Waals surface area contributed by atoms with Crippen molar-refractivity contribution in [2.75, 3.05) is 19.3 Å². The molecule has 0 saturated heterocycles. The maximum atomic E-state index is 5.65. The van der Waals surface area contributed by atoms with E-state index in [1.165, 1.54) is 0 Å². The van der Waals surface area contributed by atoms with E-state index in [0.717, 1.165) is 42.4 Å². The second kappa shape index (κ2) is 5.85. The van der Waals surface area contributed by atoms with Crippen molar-refractivity contribution in [3.05, 3.63) is 18.2 Å². The van der Waals surface area contributed by atoms with Gasteiger partial charge >= 0.3 is 0 Å². The molecule has 0 radical (unpaired) electrons. The van der Waals surface area contributed by atoms with E-state index in [4.69, 9.17) is 25.8 Å². The van der Waals surface area contributed by atoms with Crippen molar-refractivity contribution >= 4 is 11.6 Å². The van der Waals surface area contributed by atoms with Crippen LogP contribution >= 0.6 is 11.6 Å². The minimum atomic E-state index is 0.280. The maximum Gasteiger partial charge on any atom is 0.231 e. The third kappa shape index (κ3) is 2.73. The molecule has 1 aromatic carbocycles. The van der Waals surface area contributed by atoms with E-state index in [1.54, 1.807) is 0 Å². The molecule has 1 aromatic rings. The van der Waals surface area contributed by atoms with Crippen LogP contribution in [-0.4, -0.2) is 19.3 Å². The van der Waals surface area contributed by atoms with E-state index in [1.807, 2.05) is 18.2 Å². The molecule has 2 rings (SSSR count). The summed E-state index contributed by atoms with van der Waals surface area (Å²) in [6, 6.07) is 5.68. The lowest BCUT2D eigenvalue weighted by atomic mass is 10.2. The predicted molar refractivity (Wildman–Crippen MR) is 62.6 cm³/mol. The SMILES string of the molecule is ClCCCCCOc1cccc2c1OCO2. The molecule has 1 heterocycles. The number of alkyl halides is 1. The van der Waals surface area contributed by atoms with Crippen LogP contribution in [0.2, 0.25) is 0 Å². The fraction of sp³-hybridized carbons (Fsp3) is 0.500. The van der Waals surface area contributed by atoms with Crippen LogP contribution in [0, 0.1) is 0 Å². The molecule has 0 aromatic heterocycles. The lowest BCUT2D eigenvalue weighted by Crippen LogP contribution is -1.99. The van der Waals surface area contributed by atoms with Crippen LogP contribution in [0.4, 0.5) is 0 Å². The van der Waals surface area contributed by atoms with Gasteiger partial charge in [-0.25, -0.2) is 0 Å². The highest BCUT2D eigenvalue weighted by molar-refractivity contribution is 6.17. The van der Waals surface area contributed by atoms with Crippen molar-refractivity contribution in [3.8, 4) is 17.2 Å². The van der Waals surface area contributed by atoms with Crippen LogP contribution in [0.25, 0.3) is 0 Å². The topological polar surface area (TPSA) is 27.7 Å². The van der Waals surface area contributed by atoms with Crippen LogP contribution in [0.3, 0.4) is 0 Å². The molecule has 0 saturated carbocycles. The second-order valence-electron chi connectivity index (χ2n) is 3.59. The lowest BCUT2D eigenvalue weighted by molar-refractivity contribution is 0.169. The Morgan fingerprint density at radius 2 is 2.12 bits per heavy atom. The van der Waals surface area contributed by atoms with Gasteiger partial charge in [0.25, 0.3) is 0 Å². The average molecular weight is 243 g/mol. The van der Waals surface area contributed by atoms with Crippen LogP contribution in [-0.2, 0) is 0 Å².